The molecule has 7 heteroatoms. The number of aryl methyl sites for hydroxylation is 2. The number of pyridine rings is 1. The van der Waals surface area contributed by atoms with Gasteiger partial charge in [0.1, 0.15) is 5.76 Å². The molecule has 0 aromatic carbocycles. The fraction of sp³-hybridized carbons (Fsp3) is 0.409. The van der Waals surface area contributed by atoms with Gasteiger partial charge in [-0.05, 0) is 44.4 Å². The molecule has 6 nitrogen and oxygen atoms in total. The van der Waals surface area contributed by atoms with Gasteiger partial charge in [0.15, 0.2) is 0 Å². The molecule has 29 heavy (non-hydrogen) atoms. The van der Waals surface area contributed by atoms with Crippen LogP contribution in [0.5, 0.6) is 0 Å². The molecule has 1 atom stereocenters. The summed E-state index contributed by atoms with van der Waals surface area (Å²) in [5.74, 6) is 0.888. The zero-order chi connectivity index (χ0) is 20.4. The van der Waals surface area contributed by atoms with Crippen LogP contribution >= 0.6 is 11.3 Å². The molecule has 3 aromatic heterocycles. The minimum Gasteiger partial charge on any atom is -0.361 e. The summed E-state index contributed by atoms with van der Waals surface area (Å²) in [5.41, 5.74) is 5.04. The van der Waals surface area contributed by atoms with E-state index in [0.717, 1.165) is 55.2 Å². The largest absolute Gasteiger partial charge is 0.361 e. The SMILES string of the molecule is CCC(NC(=O)c1csc2c1CCN(Cc1c(C)noc1C)C2)c1ccccn1. The minimum atomic E-state index is -0.0705. The number of amides is 1. The van der Waals surface area contributed by atoms with Crippen LogP contribution in [0.2, 0.25) is 0 Å². The molecule has 0 radical (unpaired) electrons. The molecule has 0 saturated carbocycles. The average Bonchev–Trinajstić information content (AvgIpc) is 3.30. The fourth-order valence-corrected chi connectivity index (χ4v) is 4.98. The molecule has 0 bridgehead atoms. The number of hydrogen-bond donors (Lipinski definition) is 1. The van der Waals surface area contributed by atoms with Crippen LogP contribution in [0.3, 0.4) is 0 Å². The van der Waals surface area contributed by atoms with E-state index in [1.807, 2.05) is 37.4 Å². The number of aromatic nitrogens is 2. The number of rotatable bonds is 6. The first-order valence-electron chi connectivity index (χ1n) is 10.0. The van der Waals surface area contributed by atoms with Crippen LogP contribution in [0, 0.1) is 13.8 Å². The maximum atomic E-state index is 13.0. The summed E-state index contributed by atoms with van der Waals surface area (Å²) in [5, 5.41) is 9.23. The Bertz CT molecular complexity index is 976. The third-order valence-corrected chi connectivity index (χ3v) is 6.61. The minimum absolute atomic E-state index is 0.000762. The Morgan fingerprint density at radius 2 is 2.24 bits per heavy atom. The number of nitrogens with zero attached hydrogens (tertiary/aromatic N) is 3. The average molecular weight is 411 g/mol. The van der Waals surface area contributed by atoms with Gasteiger partial charge in [0.2, 0.25) is 0 Å². The molecule has 1 N–H and O–H groups in total. The van der Waals surface area contributed by atoms with Crippen LogP contribution in [-0.2, 0) is 19.5 Å². The fourth-order valence-electron chi connectivity index (χ4n) is 3.86. The molecule has 4 heterocycles. The summed E-state index contributed by atoms with van der Waals surface area (Å²) in [6.07, 6.45) is 3.45. The Kier molecular flexibility index (Phi) is 5.78. The normalized spacial score (nSPS) is 15.1. The van der Waals surface area contributed by atoms with Crippen molar-refractivity contribution >= 4 is 17.2 Å². The van der Waals surface area contributed by atoms with Gasteiger partial charge in [0.25, 0.3) is 5.91 Å². The van der Waals surface area contributed by atoms with E-state index in [2.05, 4.69) is 27.3 Å². The Hall–Kier alpha value is -2.51. The first-order chi connectivity index (χ1) is 14.1. The molecular formula is C22H26N4O2S. The molecule has 1 aliphatic heterocycles. The lowest BCUT2D eigenvalue weighted by Gasteiger charge is -2.27. The molecule has 0 saturated heterocycles. The van der Waals surface area contributed by atoms with Crippen molar-refractivity contribution < 1.29 is 9.32 Å². The van der Waals surface area contributed by atoms with Gasteiger partial charge in [-0.15, -0.1) is 11.3 Å². The Labute approximate surface area is 174 Å². The number of nitrogens with one attached hydrogen (secondary N) is 1. The molecule has 0 spiro atoms. The first-order valence-corrected chi connectivity index (χ1v) is 10.9. The molecule has 3 aromatic rings. The monoisotopic (exact) mass is 410 g/mol. The van der Waals surface area contributed by atoms with Crippen molar-refractivity contribution in [2.45, 2.75) is 52.7 Å². The molecular weight excluding hydrogens is 384 g/mol. The van der Waals surface area contributed by atoms with Gasteiger partial charge in [-0.2, -0.15) is 0 Å². The van der Waals surface area contributed by atoms with Gasteiger partial charge < -0.3 is 9.84 Å². The standard InChI is InChI=1S/C22H26N4O2S/c1-4-19(20-7-5-6-9-23-20)24-22(27)18-13-29-21-12-26(10-8-16(18)21)11-17-14(2)25-28-15(17)3/h5-7,9,13,19H,4,8,10-12H2,1-3H3,(H,24,27). The number of hydrogen-bond acceptors (Lipinski definition) is 6. The highest BCUT2D eigenvalue weighted by Crippen LogP contribution is 2.30. The van der Waals surface area contributed by atoms with Crippen molar-refractivity contribution in [1.82, 2.24) is 20.4 Å². The van der Waals surface area contributed by atoms with Crippen molar-refractivity contribution in [3.63, 3.8) is 0 Å². The van der Waals surface area contributed by atoms with Crippen LogP contribution in [0.25, 0.3) is 0 Å². The molecule has 1 aliphatic rings. The lowest BCUT2D eigenvalue weighted by molar-refractivity contribution is 0.0933. The third-order valence-electron chi connectivity index (χ3n) is 5.59. The molecule has 0 fully saturated rings. The predicted molar refractivity (Wildman–Crippen MR) is 113 cm³/mol. The molecule has 0 aliphatic carbocycles. The second kappa shape index (κ2) is 8.47. The van der Waals surface area contributed by atoms with Crippen molar-refractivity contribution in [1.29, 1.82) is 0 Å². The second-order valence-electron chi connectivity index (χ2n) is 7.50. The predicted octanol–water partition coefficient (Wildman–Crippen LogP) is 4.19. The smallest absolute Gasteiger partial charge is 0.252 e. The van der Waals surface area contributed by atoms with Gasteiger partial charge in [-0.1, -0.05) is 18.1 Å². The van der Waals surface area contributed by atoms with E-state index in [4.69, 9.17) is 4.52 Å². The zero-order valence-electron chi connectivity index (χ0n) is 17.1. The van der Waals surface area contributed by atoms with Gasteiger partial charge in [-0.25, -0.2) is 0 Å². The van der Waals surface area contributed by atoms with Crippen molar-refractivity contribution in [2.24, 2.45) is 0 Å². The zero-order valence-corrected chi connectivity index (χ0v) is 17.9. The van der Waals surface area contributed by atoms with Gasteiger partial charge >= 0.3 is 0 Å². The summed E-state index contributed by atoms with van der Waals surface area (Å²) in [4.78, 5) is 21.1. The Balaban J connectivity index is 1.45. The Morgan fingerprint density at radius 1 is 1.38 bits per heavy atom. The second-order valence-corrected chi connectivity index (χ2v) is 8.47. The van der Waals surface area contributed by atoms with E-state index in [-0.39, 0.29) is 11.9 Å². The van der Waals surface area contributed by atoms with Crippen molar-refractivity contribution in [3.8, 4) is 0 Å². The molecule has 1 amide bonds. The highest BCUT2D eigenvalue weighted by Gasteiger charge is 2.26. The summed E-state index contributed by atoms with van der Waals surface area (Å²) in [7, 11) is 0. The quantitative estimate of drug-likeness (QED) is 0.660. The molecule has 1 unspecified atom stereocenters. The van der Waals surface area contributed by atoms with E-state index >= 15 is 0 Å². The number of fused-ring (bicyclic) bond motifs is 1. The van der Waals surface area contributed by atoms with Crippen LogP contribution in [0.4, 0.5) is 0 Å². The van der Waals surface area contributed by atoms with Crippen molar-refractivity contribution in [2.75, 3.05) is 6.54 Å². The first kappa shape index (κ1) is 19.8. The van der Waals surface area contributed by atoms with Crippen molar-refractivity contribution in [3.05, 3.63) is 68.5 Å². The van der Waals surface area contributed by atoms with Gasteiger partial charge in [0, 0.05) is 41.7 Å². The van der Waals surface area contributed by atoms with Crippen LogP contribution in [0.15, 0.2) is 34.3 Å². The van der Waals surface area contributed by atoms with Gasteiger partial charge in [-0.3, -0.25) is 14.7 Å². The summed E-state index contributed by atoms with van der Waals surface area (Å²) in [6.45, 7) is 8.62. The van der Waals surface area contributed by atoms with Crippen LogP contribution in [0.1, 0.15) is 62.9 Å². The molecule has 152 valence electrons. The lowest BCUT2D eigenvalue weighted by atomic mass is 10.0. The summed E-state index contributed by atoms with van der Waals surface area (Å²) >= 11 is 1.68. The van der Waals surface area contributed by atoms with E-state index in [0.29, 0.717) is 0 Å². The van der Waals surface area contributed by atoms with Crippen LogP contribution in [-0.4, -0.2) is 27.5 Å². The summed E-state index contributed by atoms with van der Waals surface area (Å²) in [6, 6.07) is 5.74. The number of carbonyl (C=O) groups excluding carboxylic acids is 1. The Morgan fingerprint density at radius 3 is 2.93 bits per heavy atom. The maximum absolute atomic E-state index is 13.0. The van der Waals surface area contributed by atoms with E-state index in [9.17, 15) is 4.79 Å². The highest BCUT2D eigenvalue weighted by atomic mass is 32.1. The van der Waals surface area contributed by atoms with E-state index < -0.39 is 0 Å². The van der Waals surface area contributed by atoms with Gasteiger partial charge in [0.05, 0.1) is 23.0 Å². The topological polar surface area (TPSA) is 71.3 Å². The highest BCUT2D eigenvalue weighted by molar-refractivity contribution is 7.10. The van der Waals surface area contributed by atoms with E-state index in [1.165, 1.54) is 16.0 Å². The summed E-state index contributed by atoms with van der Waals surface area (Å²) < 4.78 is 5.29. The maximum Gasteiger partial charge on any atom is 0.252 e. The molecule has 4 rings (SSSR count). The lowest BCUT2D eigenvalue weighted by Crippen LogP contribution is -2.32. The number of thiophene rings is 1. The van der Waals surface area contributed by atoms with E-state index in [1.54, 1.807) is 17.5 Å². The third kappa shape index (κ3) is 4.11. The number of carbonyl (C=O) groups is 1. The van der Waals surface area contributed by atoms with Crippen LogP contribution < -0.4 is 5.32 Å².